The maximum atomic E-state index is 10.1. The van der Waals surface area contributed by atoms with Gasteiger partial charge in [0.25, 0.3) is 0 Å². The van der Waals surface area contributed by atoms with Gasteiger partial charge in [0.05, 0.1) is 33.5 Å². The Bertz CT molecular complexity index is 852. The highest BCUT2D eigenvalue weighted by Crippen LogP contribution is 2.62. The molecule has 7 nitrogen and oxygen atoms in total. The molecule has 2 aromatic carbocycles. The van der Waals surface area contributed by atoms with Gasteiger partial charge in [0.15, 0.2) is 23.0 Å². The molecule has 0 aromatic heterocycles. The van der Waals surface area contributed by atoms with Crippen LogP contribution in [0.3, 0.4) is 0 Å². The van der Waals surface area contributed by atoms with Gasteiger partial charge in [-0.25, -0.2) is 0 Å². The maximum Gasteiger partial charge on any atom is 0.160 e. The molecule has 0 aliphatic carbocycles. The third-order valence-electron chi connectivity index (χ3n) is 5.44. The van der Waals surface area contributed by atoms with Crippen molar-refractivity contribution in [2.45, 2.75) is 17.8 Å². The fourth-order valence-electron chi connectivity index (χ4n) is 3.93. The van der Waals surface area contributed by atoms with E-state index in [0.717, 1.165) is 11.1 Å². The lowest BCUT2D eigenvalue weighted by Crippen LogP contribution is -2.27. The van der Waals surface area contributed by atoms with Crippen LogP contribution in [0.25, 0.3) is 0 Å². The van der Waals surface area contributed by atoms with Crippen LogP contribution in [0.15, 0.2) is 36.4 Å². The summed E-state index contributed by atoms with van der Waals surface area (Å²) in [6, 6.07) is 10.1. The van der Waals surface area contributed by atoms with Crippen LogP contribution in [0.5, 0.6) is 23.0 Å². The summed E-state index contributed by atoms with van der Waals surface area (Å²) in [5.74, 6) is 0.553. The van der Waals surface area contributed by atoms with Gasteiger partial charge in [0.2, 0.25) is 0 Å². The van der Waals surface area contributed by atoms with Crippen molar-refractivity contribution in [3.63, 3.8) is 0 Å². The third-order valence-corrected chi connectivity index (χ3v) is 5.44. The van der Waals surface area contributed by atoms with Crippen LogP contribution >= 0.6 is 0 Å². The number of benzene rings is 2. The number of hydrogen-bond acceptors (Lipinski definition) is 7. The molecule has 0 bridgehead atoms. The van der Waals surface area contributed by atoms with Crippen LogP contribution in [-0.2, 0) is 9.47 Å². The first kappa shape index (κ1) is 17.9. The van der Waals surface area contributed by atoms with Crippen LogP contribution < -0.4 is 9.47 Å². The average molecular weight is 374 g/mol. The topological polar surface area (TPSA) is 101 Å². The molecular formula is C20H22O7. The number of rotatable bonds is 5. The highest BCUT2D eigenvalue weighted by Gasteiger charge is 2.67. The fourth-order valence-corrected chi connectivity index (χ4v) is 3.93. The largest absolute Gasteiger partial charge is 0.504 e. The second kappa shape index (κ2) is 6.60. The summed E-state index contributed by atoms with van der Waals surface area (Å²) in [5.41, 5.74) is 1.03. The zero-order valence-corrected chi connectivity index (χ0v) is 15.1. The Labute approximate surface area is 156 Å². The van der Waals surface area contributed by atoms with Crippen LogP contribution in [0, 0.1) is 5.92 Å². The molecule has 0 radical (unpaired) electrons. The second-order valence-corrected chi connectivity index (χ2v) is 6.84. The molecule has 2 fully saturated rings. The summed E-state index contributed by atoms with van der Waals surface area (Å²) < 4.78 is 22.4. The predicted octanol–water partition coefficient (Wildman–Crippen LogP) is 2.31. The van der Waals surface area contributed by atoms with Crippen molar-refractivity contribution in [1.82, 2.24) is 0 Å². The Kier molecular flexibility index (Phi) is 4.38. The first-order chi connectivity index (χ1) is 13.0. The van der Waals surface area contributed by atoms with E-state index in [-0.39, 0.29) is 36.2 Å². The molecule has 4 rings (SSSR count). The summed E-state index contributed by atoms with van der Waals surface area (Å²) in [7, 11) is 2.98. The molecule has 2 heterocycles. The van der Waals surface area contributed by atoms with Crippen molar-refractivity contribution >= 4 is 0 Å². The summed E-state index contributed by atoms with van der Waals surface area (Å²) in [6.07, 6.45) is -0.637. The highest BCUT2D eigenvalue weighted by atomic mass is 16.7. The molecular weight excluding hydrogens is 352 g/mol. The lowest BCUT2D eigenvalue weighted by molar-refractivity contribution is 0.0715. The van der Waals surface area contributed by atoms with Gasteiger partial charge in [-0.15, -0.1) is 0 Å². The van der Waals surface area contributed by atoms with Crippen LogP contribution in [0.4, 0.5) is 0 Å². The highest BCUT2D eigenvalue weighted by molar-refractivity contribution is 5.46. The predicted molar refractivity (Wildman–Crippen MR) is 95.1 cm³/mol. The van der Waals surface area contributed by atoms with Gasteiger partial charge in [0.1, 0.15) is 11.7 Å². The summed E-state index contributed by atoms with van der Waals surface area (Å²) in [5, 5.41) is 29.7. The smallest absolute Gasteiger partial charge is 0.160 e. The van der Waals surface area contributed by atoms with E-state index in [1.54, 1.807) is 36.4 Å². The Morgan fingerprint density at radius 1 is 1.00 bits per heavy atom. The first-order valence-electron chi connectivity index (χ1n) is 8.68. The van der Waals surface area contributed by atoms with Gasteiger partial charge in [-0.3, -0.25) is 0 Å². The van der Waals surface area contributed by atoms with E-state index in [1.165, 1.54) is 14.2 Å². The molecule has 0 amide bonds. The minimum atomic E-state index is -0.632. The van der Waals surface area contributed by atoms with E-state index in [1.807, 2.05) is 0 Å². The lowest BCUT2D eigenvalue weighted by Gasteiger charge is -2.20. The summed E-state index contributed by atoms with van der Waals surface area (Å²) in [4.78, 5) is 0. The monoisotopic (exact) mass is 374 g/mol. The average Bonchev–Trinajstić information content (AvgIpc) is 3.28. The molecule has 2 saturated heterocycles. The Hall–Kier alpha value is -2.48. The fraction of sp³-hybridized carbons (Fsp3) is 0.400. The third kappa shape index (κ3) is 2.79. The number of aliphatic hydroxyl groups excluding tert-OH is 1. The van der Waals surface area contributed by atoms with Crippen LogP contribution in [-0.4, -0.2) is 48.4 Å². The number of epoxide rings is 1. The van der Waals surface area contributed by atoms with E-state index >= 15 is 0 Å². The maximum absolute atomic E-state index is 10.1. The van der Waals surface area contributed by atoms with E-state index in [9.17, 15) is 15.3 Å². The molecule has 7 heteroatoms. The Morgan fingerprint density at radius 3 is 2.19 bits per heavy atom. The van der Waals surface area contributed by atoms with E-state index < -0.39 is 5.60 Å². The second-order valence-electron chi connectivity index (χ2n) is 6.84. The normalized spacial score (nSPS) is 29.1. The van der Waals surface area contributed by atoms with Gasteiger partial charge in [-0.05, 0) is 35.4 Å². The number of aromatic hydroxyl groups is 2. The molecule has 2 aliphatic heterocycles. The van der Waals surface area contributed by atoms with Gasteiger partial charge in [-0.1, -0.05) is 12.1 Å². The molecule has 2 aromatic rings. The quantitative estimate of drug-likeness (QED) is 0.691. The number of phenols is 2. The molecule has 1 spiro atoms. The molecule has 144 valence electrons. The number of ether oxygens (including phenoxy) is 4. The van der Waals surface area contributed by atoms with Gasteiger partial charge < -0.3 is 34.3 Å². The minimum Gasteiger partial charge on any atom is -0.504 e. The van der Waals surface area contributed by atoms with Crippen molar-refractivity contribution in [3.05, 3.63) is 47.5 Å². The molecule has 0 saturated carbocycles. The lowest BCUT2D eigenvalue weighted by atomic mass is 9.84. The van der Waals surface area contributed by atoms with E-state index in [2.05, 4.69) is 0 Å². The number of phenolic OH excluding ortho intramolecular Hbond substituents is 2. The van der Waals surface area contributed by atoms with E-state index in [4.69, 9.17) is 18.9 Å². The number of hydrogen-bond donors (Lipinski definition) is 3. The molecule has 27 heavy (non-hydrogen) atoms. The number of methoxy groups -OCH3 is 2. The minimum absolute atomic E-state index is 0.0474. The zero-order valence-electron chi connectivity index (χ0n) is 15.1. The van der Waals surface area contributed by atoms with Gasteiger partial charge >= 0.3 is 0 Å². The Balaban J connectivity index is 1.61. The summed E-state index contributed by atoms with van der Waals surface area (Å²) >= 11 is 0. The van der Waals surface area contributed by atoms with Crippen molar-refractivity contribution < 1.29 is 34.3 Å². The molecule has 2 aliphatic rings. The molecule has 3 N–H and O–H groups in total. The Morgan fingerprint density at radius 2 is 1.59 bits per heavy atom. The van der Waals surface area contributed by atoms with Crippen LogP contribution in [0.2, 0.25) is 0 Å². The standard InChI is InChI=1S/C20H22O7/c1-24-16-7-11(3-5-14(16)22)18-13(9-21)20(10-26-18)19(27-20)12-4-6-15(23)17(8-12)25-2/h3-8,13,18-19,21-23H,9-10H2,1-2H3/t13-,18+,19-,20-/m1/s1. The molecule has 4 atom stereocenters. The van der Waals surface area contributed by atoms with Crippen molar-refractivity contribution in [2.24, 2.45) is 5.92 Å². The summed E-state index contributed by atoms with van der Waals surface area (Å²) in [6.45, 7) is 0.222. The van der Waals surface area contributed by atoms with Crippen molar-refractivity contribution in [3.8, 4) is 23.0 Å². The van der Waals surface area contributed by atoms with E-state index in [0.29, 0.717) is 18.1 Å². The van der Waals surface area contributed by atoms with Crippen molar-refractivity contribution in [1.29, 1.82) is 0 Å². The zero-order chi connectivity index (χ0) is 19.2. The van der Waals surface area contributed by atoms with Crippen LogP contribution in [0.1, 0.15) is 23.3 Å². The molecule has 0 unspecified atom stereocenters. The SMILES string of the molecule is COc1cc([C@H]2O[C@@]23CO[C@@H](c2ccc(O)c(OC)c2)[C@H]3CO)ccc1O. The van der Waals surface area contributed by atoms with Gasteiger partial charge in [0, 0.05) is 5.92 Å². The number of aliphatic hydroxyl groups is 1. The van der Waals surface area contributed by atoms with Gasteiger partial charge in [-0.2, -0.15) is 0 Å². The van der Waals surface area contributed by atoms with Crippen molar-refractivity contribution in [2.75, 3.05) is 27.4 Å². The first-order valence-corrected chi connectivity index (χ1v) is 8.68.